The van der Waals surface area contributed by atoms with Crippen LogP contribution in [0.25, 0.3) is 11.1 Å². The molecule has 1 aliphatic heterocycles. The number of ether oxygens (including phenoxy) is 1. The van der Waals surface area contributed by atoms with Crippen molar-refractivity contribution in [3.8, 4) is 16.9 Å². The van der Waals surface area contributed by atoms with Crippen molar-refractivity contribution in [2.45, 2.75) is 52.6 Å². The molecular weight excluding hydrogens is 440 g/mol. The molecule has 1 amide bonds. The maximum Gasteiger partial charge on any atom is 0.511 e. The lowest BCUT2D eigenvalue weighted by atomic mass is 9.72. The number of amides is 1. The molecule has 1 heterocycles. The first-order chi connectivity index (χ1) is 16.4. The summed E-state index contributed by atoms with van der Waals surface area (Å²) in [6.45, 7) is 10.3. The van der Waals surface area contributed by atoms with Crippen LogP contribution in [0.15, 0.2) is 66.7 Å². The van der Waals surface area contributed by atoms with E-state index in [1.807, 2.05) is 51.1 Å². The zero-order valence-electron chi connectivity index (χ0n) is 20.8. The van der Waals surface area contributed by atoms with E-state index in [-0.39, 0.29) is 22.9 Å². The monoisotopic (exact) mass is 472 g/mol. The highest BCUT2D eigenvalue weighted by atomic mass is 16.7. The Kier molecular flexibility index (Phi) is 6.32. The van der Waals surface area contributed by atoms with Crippen molar-refractivity contribution in [3.05, 3.63) is 83.4 Å². The maximum atomic E-state index is 12.5. The van der Waals surface area contributed by atoms with Gasteiger partial charge in [0.1, 0.15) is 5.75 Å². The number of carbonyl (C=O) groups is 2. The zero-order valence-corrected chi connectivity index (χ0v) is 20.8. The summed E-state index contributed by atoms with van der Waals surface area (Å²) in [7, 11) is 0. The van der Waals surface area contributed by atoms with Crippen LogP contribution in [0.5, 0.6) is 5.75 Å². The van der Waals surface area contributed by atoms with Crippen LogP contribution < -0.4 is 15.4 Å². The van der Waals surface area contributed by atoms with Gasteiger partial charge in [-0.25, -0.2) is 4.79 Å². The molecular formula is C29H32N2O4. The van der Waals surface area contributed by atoms with Crippen LogP contribution in [0.1, 0.15) is 62.1 Å². The Morgan fingerprint density at radius 1 is 1.00 bits per heavy atom. The average Bonchev–Trinajstić information content (AvgIpc) is 2.76. The van der Waals surface area contributed by atoms with Gasteiger partial charge in [-0.3, -0.25) is 4.79 Å². The van der Waals surface area contributed by atoms with Gasteiger partial charge in [-0.1, -0.05) is 44.2 Å². The van der Waals surface area contributed by atoms with Crippen LogP contribution in [-0.2, 0) is 6.42 Å². The molecule has 182 valence electrons. The van der Waals surface area contributed by atoms with Crippen molar-refractivity contribution in [2.75, 3.05) is 5.32 Å². The van der Waals surface area contributed by atoms with Gasteiger partial charge in [0, 0.05) is 16.8 Å². The summed E-state index contributed by atoms with van der Waals surface area (Å²) >= 11 is 0. The van der Waals surface area contributed by atoms with Gasteiger partial charge in [0.15, 0.2) is 0 Å². The molecule has 0 saturated carbocycles. The molecule has 0 aliphatic carbocycles. The van der Waals surface area contributed by atoms with Crippen LogP contribution in [0.4, 0.5) is 10.5 Å². The van der Waals surface area contributed by atoms with Crippen LogP contribution in [0.3, 0.4) is 0 Å². The van der Waals surface area contributed by atoms with E-state index in [4.69, 9.17) is 9.84 Å². The Balaban J connectivity index is 1.58. The van der Waals surface area contributed by atoms with Gasteiger partial charge < -0.3 is 20.5 Å². The average molecular weight is 473 g/mol. The molecule has 0 aromatic heterocycles. The predicted octanol–water partition coefficient (Wildman–Crippen LogP) is 6.67. The lowest BCUT2D eigenvalue weighted by molar-refractivity contribution is 0.0919. The number of hydrogen-bond acceptors (Lipinski definition) is 4. The number of carbonyl (C=O) groups excluding carboxylic acids is 1. The normalized spacial score (nSPS) is 16.5. The van der Waals surface area contributed by atoms with Crippen LogP contribution in [0, 0.1) is 5.41 Å². The van der Waals surface area contributed by atoms with Crippen molar-refractivity contribution >= 4 is 17.7 Å². The molecule has 3 aromatic carbocycles. The quantitative estimate of drug-likeness (QED) is 0.291. The van der Waals surface area contributed by atoms with E-state index in [1.54, 1.807) is 12.1 Å². The minimum atomic E-state index is -1.31. The Morgan fingerprint density at radius 2 is 1.71 bits per heavy atom. The number of rotatable bonds is 4. The predicted molar refractivity (Wildman–Crippen MR) is 138 cm³/mol. The molecule has 0 saturated heterocycles. The third kappa shape index (κ3) is 5.65. The van der Waals surface area contributed by atoms with Crippen LogP contribution >= 0.6 is 0 Å². The van der Waals surface area contributed by atoms with Gasteiger partial charge in [0.25, 0.3) is 5.91 Å². The van der Waals surface area contributed by atoms with E-state index in [2.05, 4.69) is 48.7 Å². The summed E-state index contributed by atoms with van der Waals surface area (Å²) in [6, 6.07) is 21.5. The number of benzene rings is 3. The van der Waals surface area contributed by atoms with Crippen LogP contribution in [0.2, 0.25) is 0 Å². The van der Waals surface area contributed by atoms with E-state index < -0.39 is 6.16 Å². The lowest BCUT2D eigenvalue weighted by Crippen LogP contribution is -2.40. The van der Waals surface area contributed by atoms with Gasteiger partial charge >= 0.3 is 6.16 Å². The largest absolute Gasteiger partial charge is 0.511 e. The first kappa shape index (κ1) is 24.3. The summed E-state index contributed by atoms with van der Waals surface area (Å²) in [5.74, 6) is 0.246. The number of nitrogens with one attached hydrogen (secondary N) is 2. The van der Waals surface area contributed by atoms with E-state index in [9.17, 15) is 9.59 Å². The molecule has 35 heavy (non-hydrogen) atoms. The van der Waals surface area contributed by atoms with Crippen LogP contribution in [-0.4, -0.2) is 22.7 Å². The molecule has 1 unspecified atom stereocenters. The van der Waals surface area contributed by atoms with Gasteiger partial charge in [-0.15, -0.1) is 0 Å². The standard InChI is InChI=1S/C29H32N2O4/c1-28(2,3)31-26(32)19-11-9-18(10-12-19)20-7-6-8-21(15-20)25-29(4,5)17-22-16-23(35-27(33)34)13-14-24(22)30-25/h6-16,25,30H,17H2,1-5H3,(H,31,32)(H,33,34). The summed E-state index contributed by atoms with van der Waals surface area (Å²) in [5.41, 5.74) is 5.53. The number of fused-ring (bicyclic) bond motifs is 1. The number of hydrogen-bond donors (Lipinski definition) is 3. The first-order valence-corrected chi connectivity index (χ1v) is 11.7. The second-order valence-corrected chi connectivity index (χ2v) is 10.8. The molecule has 0 spiro atoms. The minimum absolute atomic E-state index is 0.0676. The molecule has 6 nitrogen and oxygen atoms in total. The van der Waals surface area contributed by atoms with Crippen molar-refractivity contribution in [1.82, 2.24) is 5.32 Å². The molecule has 0 radical (unpaired) electrons. The topological polar surface area (TPSA) is 87.7 Å². The zero-order chi connectivity index (χ0) is 25.4. The molecule has 6 heteroatoms. The SMILES string of the molecule is CC(C)(C)NC(=O)c1ccc(-c2cccc(C3Nc4ccc(OC(=O)O)cc4CC3(C)C)c2)cc1. The minimum Gasteiger partial charge on any atom is -0.449 e. The molecule has 1 aliphatic rings. The number of carboxylic acid groups (broad SMARTS) is 1. The second kappa shape index (κ2) is 9.10. The summed E-state index contributed by atoms with van der Waals surface area (Å²) in [4.78, 5) is 23.4. The van der Waals surface area contributed by atoms with E-state index in [0.29, 0.717) is 11.3 Å². The smallest absolute Gasteiger partial charge is 0.449 e. The van der Waals surface area contributed by atoms with Gasteiger partial charge in [-0.2, -0.15) is 0 Å². The fraction of sp³-hybridized carbons (Fsp3) is 0.310. The molecule has 3 N–H and O–H groups in total. The molecule has 4 rings (SSSR count). The highest BCUT2D eigenvalue weighted by Gasteiger charge is 2.36. The van der Waals surface area contributed by atoms with E-state index in [1.165, 1.54) is 5.56 Å². The second-order valence-electron chi connectivity index (χ2n) is 10.8. The fourth-order valence-electron chi connectivity index (χ4n) is 4.62. The molecule has 0 bridgehead atoms. The third-order valence-corrected chi connectivity index (χ3v) is 6.20. The Bertz CT molecular complexity index is 1260. The van der Waals surface area contributed by atoms with E-state index in [0.717, 1.165) is 28.8 Å². The summed E-state index contributed by atoms with van der Waals surface area (Å²) in [6.07, 6.45) is -0.538. The van der Waals surface area contributed by atoms with Gasteiger partial charge in [0.05, 0.1) is 6.04 Å². The van der Waals surface area contributed by atoms with Gasteiger partial charge in [-0.05, 0) is 91.3 Å². The highest BCUT2D eigenvalue weighted by molar-refractivity contribution is 5.95. The van der Waals surface area contributed by atoms with Crippen molar-refractivity contribution in [3.63, 3.8) is 0 Å². The Labute approximate surface area is 206 Å². The highest BCUT2D eigenvalue weighted by Crippen LogP contribution is 2.46. The Morgan fingerprint density at radius 3 is 2.37 bits per heavy atom. The third-order valence-electron chi connectivity index (χ3n) is 6.20. The van der Waals surface area contributed by atoms with Crippen molar-refractivity contribution in [1.29, 1.82) is 0 Å². The van der Waals surface area contributed by atoms with Crippen molar-refractivity contribution < 1.29 is 19.4 Å². The van der Waals surface area contributed by atoms with Gasteiger partial charge in [0.2, 0.25) is 0 Å². The lowest BCUT2D eigenvalue weighted by Gasteiger charge is -2.41. The summed E-state index contributed by atoms with van der Waals surface area (Å²) in [5, 5.41) is 15.6. The first-order valence-electron chi connectivity index (χ1n) is 11.7. The molecule has 1 atom stereocenters. The van der Waals surface area contributed by atoms with Crippen molar-refractivity contribution in [2.24, 2.45) is 5.41 Å². The molecule has 0 fully saturated rings. The number of anilines is 1. The summed E-state index contributed by atoms with van der Waals surface area (Å²) < 4.78 is 4.84. The fourth-order valence-corrected chi connectivity index (χ4v) is 4.62. The molecule has 3 aromatic rings. The van der Waals surface area contributed by atoms with E-state index >= 15 is 0 Å². The maximum absolute atomic E-state index is 12.5. The Hall–Kier alpha value is -3.80.